The minimum Gasteiger partial charge on any atom is -0.352 e. The fourth-order valence-electron chi connectivity index (χ4n) is 3.20. The summed E-state index contributed by atoms with van der Waals surface area (Å²) in [4.78, 5) is 16.8. The van der Waals surface area contributed by atoms with Crippen LogP contribution in [0.5, 0.6) is 0 Å². The molecule has 0 saturated carbocycles. The van der Waals surface area contributed by atoms with Crippen LogP contribution < -0.4 is 10.0 Å². The highest BCUT2D eigenvalue weighted by Crippen LogP contribution is 2.21. The first-order valence-corrected chi connectivity index (χ1v) is 12.4. The Labute approximate surface area is 194 Å². The quantitative estimate of drug-likeness (QED) is 0.466. The Morgan fingerprint density at radius 1 is 1.06 bits per heavy atom. The van der Waals surface area contributed by atoms with Gasteiger partial charge in [0, 0.05) is 31.0 Å². The summed E-state index contributed by atoms with van der Waals surface area (Å²) in [5.41, 5.74) is 2.79. The van der Waals surface area contributed by atoms with Gasteiger partial charge in [-0.1, -0.05) is 55.4 Å². The first-order chi connectivity index (χ1) is 15.6. The van der Waals surface area contributed by atoms with E-state index in [1.54, 1.807) is 32.0 Å². The zero-order valence-corrected chi connectivity index (χ0v) is 20.1. The molecule has 33 heavy (non-hydrogen) atoms. The molecule has 2 N–H and O–H groups in total. The Morgan fingerprint density at radius 2 is 1.79 bits per heavy atom. The van der Waals surface area contributed by atoms with E-state index in [9.17, 15) is 13.2 Å². The number of benzene rings is 2. The van der Waals surface area contributed by atoms with Gasteiger partial charge < -0.3 is 9.84 Å². The standard InChI is InChI=1S/C24H30N4O4S/c1-16(2)19-8-10-20(11-9-19)24-26-23(32-27-24)13-12-22(29)25-15-18-6-5-7-21(14-18)33(30,31)28-17(3)4/h5-11,14,16-17,28H,12-13,15H2,1-4H3,(H,25,29). The van der Waals surface area contributed by atoms with Crippen LogP contribution in [0.1, 0.15) is 57.1 Å². The molecule has 8 nitrogen and oxygen atoms in total. The highest BCUT2D eigenvalue weighted by atomic mass is 32.2. The molecule has 0 aliphatic rings. The van der Waals surface area contributed by atoms with Gasteiger partial charge in [0.05, 0.1) is 4.90 Å². The van der Waals surface area contributed by atoms with Gasteiger partial charge in [-0.05, 0) is 43.0 Å². The van der Waals surface area contributed by atoms with Crippen molar-refractivity contribution < 1.29 is 17.7 Å². The Morgan fingerprint density at radius 3 is 2.45 bits per heavy atom. The number of aryl methyl sites for hydroxylation is 1. The van der Waals surface area contributed by atoms with Crippen LogP contribution in [-0.4, -0.2) is 30.5 Å². The molecule has 0 spiro atoms. The molecular weight excluding hydrogens is 440 g/mol. The van der Waals surface area contributed by atoms with E-state index in [4.69, 9.17) is 4.52 Å². The van der Waals surface area contributed by atoms with Crippen LogP contribution in [0.4, 0.5) is 0 Å². The maximum Gasteiger partial charge on any atom is 0.240 e. The van der Waals surface area contributed by atoms with Gasteiger partial charge in [0.25, 0.3) is 0 Å². The topological polar surface area (TPSA) is 114 Å². The minimum absolute atomic E-state index is 0.169. The monoisotopic (exact) mass is 470 g/mol. The minimum atomic E-state index is -3.58. The van der Waals surface area contributed by atoms with Crippen LogP contribution in [-0.2, 0) is 27.8 Å². The fourth-order valence-corrected chi connectivity index (χ4v) is 4.52. The van der Waals surface area contributed by atoms with Gasteiger partial charge >= 0.3 is 0 Å². The Balaban J connectivity index is 1.52. The third-order valence-corrected chi connectivity index (χ3v) is 6.62. The molecular formula is C24H30N4O4S. The van der Waals surface area contributed by atoms with E-state index < -0.39 is 10.0 Å². The van der Waals surface area contributed by atoms with Crippen LogP contribution in [0.2, 0.25) is 0 Å². The van der Waals surface area contributed by atoms with Crippen LogP contribution in [0, 0.1) is 0 Å². The van der Waals surface area contributed by atoms with E-state index >= 15 is 0 Å². The molecule has 0 aliphatic heterocycles. The van der Waals surface area contributed by atoms with E-state index in [-0.39, 0.29) is 29.8 Å². The normalized spacial score (nSPS) is 11.8. The second-order valence-electron chi connectivity index (χ2n) is 8.49. The Kier molecular flexibility index (Phi) is 7.99. The van der Waals surface area contributed by atoms with Crippen molar-refractivity contribution in [3.05, 3.63) is 65.5 Å². The van der Waals surface area contributed by atoms with Crippen LogP contribution >= 0.6 is 0 Å². The molecule has 0 bridgehead atoms. The third-order valence-electron chi connectivity index (χ3n) is 4.96. The van der Waals surface area contributed by atoms with E-state index in [2.05, 4.69) is 34.0 Å². The number of hydrogen-bond donors (Lipinski definition) is 2. The lowest BCUT2D eigenvalue weighted by Gasteiger charge is -2.11. The molecule has 3 aromatic rings. The predicted octanol–water partition coefficient (Wildman–Crippen LogP) is 3.80. The smallest absolute Gasteiger partial charge is 0.240 e. The molecule has 1 amide bonds. The number of carbonyl (C=O) groups excluding carboxylic acids is 1. The number of amides is 1. The average molecular weight is 471 g/mol. The number of nitrogens with one attached hydrogen (secondary N) is 2. The van der Waals surface area contributed by atoms with Gasteiger partial charge in [-0.25, -0.2) is 13.1 Å². The third kappa shape index (κ3) is 6.97. The molecule has 9 heteroatoms. The highest BCUT2D eigenvalue weighted by Gasteiger charge is 2.16. The number of carbonyl (C=O) groups is 1. The second kappa shape index (κ2) is 10.7. The summed E-state index contributed by atoms with van der Waals surface area (Å²) in [6, 6.07) is 14.3. The van der Waals surface area contributed by atoms with Crippen molar-refractivity contribution in [3.8, 4) is 11.4 Å². The molecule has 0 atom stereocenters. The van der Waals surface area contributed by atoms with Crippen LogP contribution in [0.3, 0.4) is 0 Å². The van der Waals surface area contributed by atoms with Gasteiger partial charge in [0.2, 0.25) is 27.6 Å². The maximum atomic E-state index is 12.3. The molecule has 1 aromatic heterocycles. The van der Waals surface area contributed by atoms with E-state index in [0.717, 1.165) is 5.56 Å². The summed E-state index contributed by atoms with van der Waals surface area (Å²) in [5, 5.41) is 6.80. The van der Waals surface area contributed by atoms with E-state index in [1.165, 1.54) is 11.6 Å². The van der Waals surface area contributed by atoms with Crippen molar-refractivity contribution in [2.24, 2.45) is 0 Å². The van der Waals surface area contributed by atoms with Crippen molar-refractivity contribution in [2.45, 2.75) is 63.9 Å². The second-order valence-corrected chi connectivity index (χ2v) is 10.2. The van der Waals surface area contributed by atoms with E-state index in [1.807, 2.05) is 24.3 Å². The Hall–Kier alpha value is -3.04. The van der Waals surface area contributed by atoms with Gasteiger partial charge in [-0.15, -0.1) is 0 Å². The predicted molar refractivity (Wildman–Crippen MR) is 126 cm³/mol. The van der Waals surface area contributed by atoms with Gasteiger partial charge in [-0.2, -0.15) is 4.98 Å². The summed E-state index contributed by atoms with van der Waals surface area (Å²) >= 11 is 0. The summed E-state index contributed by atoms with van der Waals surface area (Å²) in [6.07, 6.45) is 0.496. The summed E-state index contributed by atoms with van der Waals surface area (Å²) in [5.74, 6) is 1.14. The first kappa shape index (κ1) is 24.6. The van der Waals surface area contributed by atoms with Gasteiger partial charge in [-0.3, -0.25) is 4.79 Å². The number of aromatic nitrogens is 2. The molecule has 0 fully saturated rings. The van der Waals surface area contributed by atoms with Crippen LogP contribution in [0.25, 0.3) is 11.4 Å². The molecule has 176 valence electrons. The molecule has 3 rings (SSSR count). The summed E-state index contributed by atoms with van der Waals surface area (Å²) in [6.45, 7) is 8.01. The number of hydrogen-bond acceptors (Lipinski definition) is 6. The lowest BCUT2D eigenvalue weighted by molar-refractivity contribution is -0.121. The lowest BCUT2D eigenvalue weighted by atomic mass is 10.0. The fraction of sp³-hybridized carbons (Fsp3) is 0.375. The lowest BCUT2D eigenvalue weighted by Crippen LogP contribution is -2.30. The molecule has 0 unspecified atom stereocenters. The Bertz CT molecular complexity index is 1190. The molecule has 2 aromatic carbocycles. The highest BCUT2D eigenvalue weighted by molar-refractivity contribution is 7.89. The van der Waals surface area contributed by atoms with Crippen LogP contribution in [0.15, 0.2) is 57.9 Å². The van der Waals surface area contributed by atoms with E-state index in [0.29, 0.717) is 29.6 Å². The van der Waals surface area contributed by atoms with Gasteiger partial charge in [0.15, 0.2) is 0 Å². The van der Waals surface area contributed by atoms with Crippen molar-refractivity contribution in [3.63, 3.8) is 0 Å². The number of sulfonamides is 1. The number of rotatable bonds is 10. The SMILES string of the molecule is CC(C)NS(=O)(=O)c1cccc(CNC(=O)CCc2nc(-c3ccc(C(C)C)cc3)no2)c1. The zero-order chi connectivity index (χ0) is 24.0. The van der Waals surface area contributed by atoms with Crippen molar-refractivity contribution in [1.82, 2.24) is 20.2 Å². The largest absolute Gasteiger partial charge is 0.352 e. The molecule has 0 radical (unpaired) electrons. The molecule has 0 aliphatic carbocycles. The number of nitrogens with zero attached hydrogens (tertiary/aromatic N) is 2. The molecule has 1 heterocycles. The first-order valence-electron chi connectivity index (χ1n) is 10.9. The van der Waals surface area contributed by atoms with Crippen molar-refractivity contribution in [2.75, 3.05) is 0 Å². The summed E-state index contributed by atoms with van der Waals surface area (Å²) in [7, 11) is -3.58. The summed E-state index contributed by atoms with van der Waals surface area (Å²) < 4.78 is 32.5. The average Bonchev–Trinajstić information content (AvgIpc) is 3.25. The maximum absolute atomic E-state index is 12.3. The van der Waals surface area contributed by atoms with Crippen molar-refractivity contribution >= 4 is 15.9 Å². The zero-order valence-electron chi connectivity index (χ0n) is 19.3. The molecule has 0 saturated heterocycles. The van der Waals surface area contributed by atoms with Gasteiger partial charge in [0.1, 0.15) is 0 Å². The van der Waals surface area contributed by atoms with Crippen molar-refractivity contribution in [1.29, 1.82) is 0 Å².